The number of aryl methyl sites for hydroxylation is 1. The highest BCUT2D eigenvalue weighted by Crippen LogP contribution is 2.37. The van der Waals surface area contributed by atoms with Crippen LogP contribution in [0.5, 0.6) is 5.75 Å². The minimum absolute atomic E-state index is 0.208. The van der Waals surface area contributed by atoms with Gasteiger partial charge in [0.2, 0.25) is 0 Å². The molecule has 0 aliphatic heterocycles. The predicted octanol–water partition coefficient (Wildman–Crippen LogP) is 2.97. The summed E-state index contributed by atoms with van der Waals surface area (Å²) in [4.78, 5) is 0. The van der Waals surface area contributed by atoms with E-state index in [9.17, 15) is 21.6 Å². The molecule has 0 bridgehead atoms. The molecule has 1 aromatic carbocycles. The van der Waals surface area contributed by atoms with Crippen LogP contribution in [-0.2, 0) is 23.0 Å². The maximum absolute atomic E-state index is 12.5. The Balaban J connectivity index is 2.58. The second-order valence-electron chi connectivity index (χ2n) is 4.83. The van der Waals surface area contributed by atoms with Gasteiger partial charge in [-0.3, -0.25) is 0 Å². The molecule has 8 heteroatoms. The zero-order valence-corrected chi connectivity index (χ0v) is 11.9. The smallest absolute Gasteiger partial charge is 0.375 e. The monoisotopic (exact) mass is 319 g/mol. The van der Waals surface area contributed by atoms with Crippen molar-refractivity contribution in [2.24, 2.45) is 0 Å². The van der Waals surface area contributed by atoms with Gasteiger partial charge in [-0.15, -0.1) is 0 Å². The van der Waals surface area contributed by atoms with Crippen LogP contribution >= 0.6 is 0 Å². The molecule has 0 aromatic heterocycles. The van der Waals surface area contributed by atoms with Gasteiger partial charge in [0.1, 0.15) is 5.75 Å². The van der Waals surface area contributed by atoms with Crippen LogP contribution < -0.4 is 4.18 Å². The molecule has 0 radical (unpaired) electrons. The molecule has 21 heavy (non-hydrogen) atoms. The molecule has 2 rings (SSSR count). The van der Waals surface area contributed by atoms with Gasteiger partial charge in [0.25, 0.3) is 0 Å². The van der Waals surface area contributed by atoms with Crippen LogP contribution in [0, 0.1) is 18.3 Å². The van der Waals surface area contributed by atoms with Gasteiger partial charge in [-0.25, -0.2) is 0 Å². The van der Waals surface area contributed by atoms with Gasteiger partial charge in [-0.2, -0.15) is 26.9 Å². The lowest BCUT2D eigenvalue weighted by atomic mass is 9.86. The lowest BCUT2D eigenvalue weighted by molar-refractivity contribution is -0.0500. The van der Waals surface area contributed by atoms with Crippen LogP contribution in [0.2, 0.25) is 0 Å². The maximum atomic E-state index is 12.5. The molecule has 1 aliphatic carbocycles. The van der Waals surface area contributed by atoms with Gasteiger partial charge >= 0.3 is 15.6 Å². The van der Waals surface area contributed by atoms with E-state index in [1.807, 2.05) is 6.07 Å². The second kappa shape index (κ2) is 5.22. The van der Waals surface area contributed by atoms with Gasteiger partial charge in [0, 0.05) is 5.56 Å². The first-order valence-corrected chi connectivity index (χ1v) is 7.64. The molecule has 0 fully saturated rings. The quantitative estimate of drug-likeness (QED) is 0.621. The molecule has 0 spiro atoms. The van der Waals surface area contributed by atoms with E-state index in [4.69, 9.17) is 5.26 Å². The average molecular weight is 319 g/mol. The lowest BCUT2D eigenvalue weighted by Gasteiger charge is -2.22. The van der Waals surface area contributed by atoms with Crippen LogP contribution in [0.3, 0.4) is 0 Å². The first kappa shape index (κ1) is 15.6. The van der Waals surface area contributed by atoms with Crippen LogP contribution in [-0.4, -0.2) is 13.9 Å². The zero-order chi connectivity index (χ0) is 15.8. The largest absolute Gasteiger partial charge is 0.534 e. The third-order valence-corrected chi connectivity index (χ3v) is 4.34. The third kappa shape index (κ3) is 2.83. The molecule has 1 aromatic rings. The van der Waals surface area contributed by atoms with E-state index < -0.39 is 15.6 Å². The Morgan fingerprint density at radius 1 is 1.24 bits per heavy atom. The molecule has 0 N–H and O–H groups in total. The molecule has 0 atom stereocenters. The van der Waals surface area contributed by atoms with Crippen molar-refractivity contribution in [3.8, 4) is 11.8 Å². The zero-order valence-electron chi connectivity index (χ0n) is 11.1. The van der Waals surface area contributed by atoms with E-state index in [0.717, 1.165) is 6.42 Å². The molecule has 114 valence electrons. The Morgan fingerprint density at radius 2 is 1.81 bits per heavy atom. The number of fused-ring (bicyclic) bond motifs is 1. The van der Waals surface area contributed by atoms with Crippen molar-refractivity contribution in [1.82, 2.24) is 0 Å². The first-order chi connectivity index (χ1) is 9.67. The number of halogens is 3. The molecule has 0 amide bonds. The Bertz CT molecular complexity index is 718. The van der Waals surface area contributed by atoms with Crippen molar-refractivity contribution in [3.05, 3.63) is 28.3 Å². The lowest BCUT2D eigenvalue weighted by Crippen LogP contribution is -2.29. The van der Waals surface area contributed by atoms with Crippen molar-refractivity contribution < 1.29 is 25.8 Å². The summed E-state index contributed by atoms with van der Waals surface area (Å²) in [6.07, 6.45) is 2.44. The van der Waals surface area contributed by atoms with Crippen LogP contribution in [0.4, 0.5) is 13.2 Å². The molecular weight excluding hydrogens is 307 g/mol. The number of hydrogen-bond donors (Lipinski definition) is 0. The van der Waals surface area contributed by atoms with E-state index in [1.54, 1.807) is 0 Å². The standard InChI is InChI=1S/C13H12F3NO3S/c1-8-6-9(7-17)10-4-2-3-5-11(10)12(8)20-21(18,19)13(14,15)16/h6H,2-5H2,1H3. The van der Waals surface area contributed by atoms with E-state index in [1.165, 1.54) is 13.0 Å². The third-order valence-electron chi connectivity index (χ3n) is 3.38. The van der Waals surface area contributed by atoms with Crippen molar-refractivity contribution in [3.63, 3.8) is 0 Å². The Labute approximate surface area is 120 Å². The highest BCUT2D eigenvalue weighted by Gasteiger charge is 2.49. The van der Waals surface area contributed by atoms with Crippen molar-refractivity contribution in [2.45, 2.75) is 38.1 Å². The fourth-order valence-corrected chi connectivity index (χ4v) is 2.98. The van der Waals surface area contributed by atoms with Crippen molar-refractivity contribution >= 4 is 10.1 Å². The van der Waals surface area contributed by atoms with Crippen molar-refractivity contribution in [2.75, 3.05) is 0 Å². The highest BCUT2D eigenvalue weighted by molar-refractivity contribution is 7.88. The number of hydrogen-bond acceptors (Lipinski definition) is 4. The summed E-state index contributed by atoms with van der Waals surface area (Å²) in [6, 6.07) is 3.36. The van der Waals surface area contributed by atoms with Crippen molar-refractivity contribution in [1.29, 1.82) is 5.26 Å². The minimum Gasteiger partial charge on any atom is -0.375 e. The summed E-state index contributed by atoms with van der Waals surface area (Å²) >= 11 is 0. The summed E-state index contributed by atoms with van der Waals surface area (Å²) in [7, 11) is -5.71. The predicted molar refractivity (Wildman–Crippen MR) is 68.1 cm³/mol. The number of rotatable bonds is 2. The SMILES string of the molecule is Cc1cc(C#N)c2c(c1OS(=O)(=O)C(F)(F)F)CCCC2. The van der Waals surface area contributed by atoms with Gasteiger partial charge in [-0.1, -0.05) is 0 Å². The minimum atomic E-state index is -5.71. The molecule has 1 aliphatic rings. The summed E-state index contributed by atoms with van der Waals surface area (Å²) in [6.45, 7) is 1.43. The van der Waals surface area contributed by atoms with Crippen LogP contribution in [0.25, 0.3) is 0 Å². The van der Waals surface area contributed by atoms with E-state index in [-0.39, 0.29) is 11.3 Å². The van der Waals surface area contributed by atoms with Gasteiger partial charge in [0.05, 0.1) is 11.6 Å². The van der Waals surface area contributed by atoms with Crippen LogP contribution in [0.15, 0.2) is 6.07 Å². The Hall–Kier alpha value is -1.75. The first-order valence-electron chi connectivity index (χ1n) is 6.23. The molecular formula is C13H12F3NO3S. The molecule has 0 unspecified atom stereocenters. The fraction of sp³-hybridized carbons (Fsp3) is 0.462. The summed E-state index contributed by atoms with van der Waals surface area (Å²) in [5.74, 6) is -0.291. The maximum Gasteiger partial charge on any atom is 0.534 e. The summed E-state index contributed by atoms with van der Waals surface area (Å²) in [5.41, 5.74) is -3.93. The summed E-state index contributed by atoms with van der Waals surface area (Å²) in [5, 5.41) is 9.08. The number of nitrogens with zero attached hydrogens (tertiary/aromatic N) is 1. The Kier molecular flexibility index (Phi) is 3.89. The number of benzene rings is 1. The molecule has 0 saturated carbocycles. The Morgan fingerprint density at radius 3 is 2.33 bits per heavy atom. The van der Waals surface area contributed by atoms with E-state index >= 15 is 0 Å². The van der Waals surface area contributed by atoms with Gasteiger partial charge in [0.15, 0.2) is 0 Å². The number of alkyl halides is 3. The van der Waals surface area contributed by atoms with Gasteiger partial charge in [-0.05, 0) is 49.8 Å². The highest BCUT2D eigenvalue weighted by atomic mass is 32.2. The molecule has 4 nitrogen and oxygen atoms in total. The van der Waals surface area contributed by atoms with E-state index in [2.05, 4.69) is 4.18 Å². The van der Waals surface area contributed by atoms with Crippen LogP contribution in [0.1, 0.15) is 35.1 Å². The van der Waals surface area contributed by atoms with E-state index in [0.29, 0.717) is 36.0 Å². The average Bonchev–Trinajstić information content (AvgIpc) is 2.40. The number of nitriles is 1. The molecule has 0 saturated heterocycles. The van der Waals surface area contributed by atoms with Gasteiger partial charge < -0.3 is 4.18 Å². The second-order valence-corrected chi connectivity index (χ2v) is 6.37. The fourth-order valence-electron chi connectivity index (χ4n) is 2.43. The normalized spacial score (nSPS) is 15.2. The topological polar surface area (TPSA) is 67.2 Å². The molecule has 0 heterocycles. The summed E-state index contributed by atoms with van der Waals surface area (Å²) < 4.78 is 64.1.